The molecule has 40 heavy (non-hydrogen) atoms. The van der Waals surface area contributed by atoms with Crippen molar-refractivity contribution in [3.63, 3.8) is 0 Å². The molecule has 0 aromatic heterocycles. The van der Waals surface area contributed by atoms with Gasteiger partial charge in [-0.15, -0.1) is 0 Å². The van der Waals surface area contributed by atoms with E-state index in [9.17, 15) is 28.8 Å². The van der Waals surface area contributed by atoms with E-state index in [-0.39, 0.29) is 63.9 Å². The summed E-state index contributed by atoms with van der Waals surface area (Å²) in [6.07, 6.45) is 3.44. The smallest absolute Gasteiger partial charge is 0.330 e. The molecule has 0 aliphatic heterocycles. The topological polar surface area (TPSA) is 158 Å². The first kappa shape index (κ1) is 34.3. The molecule has 2 unspecified atom stereocenters. The van der Waals surface area contributed by atoms with E-state index < -0.39 is 48.0 Å². The molecule has 0 radical (unpaired) electrons. The van der Waals surface area contributed by atoms with Gasteiger partial charge in [0.25, 0.3) is 0 Å². The number of carbonyl (C=O) groups excluding carboxylic acids is 6. The van der Waals surface area contributed by atoms with Gasteiger partial charge in [0.05, 0.1) is 38.9 Å². The third-order valence-corrected chi connectivity index (χ3v) is 5.91. The van der Waals surface area contributed by atoms with Crippen molar-refractivity contribution in [2.75, 3.05) is 26.4 Å². The van der Waals surface area contributed by atoms with Gasteiger partial charge >= 0.3 is 35.8 Å². The van der Waals surface area contributed by atoms with E-state index in [0.29, 0.717) is 0 Å². The first-order valence-corrected chi connectivity index (χ1v) is 13.3. The zero-order valence-electron chi connectivity index (χ0n) is 23.3. The maximum absolute atomic E-state index is 12.0. The maximum atomic E-state index is 12.0. The molecule has 2 atom stereocenters. The van der Waals surface area contributed by atoms with Gasteiger partial charge in [0.15, 0.2) is 0 Å². The molecular formula is C28H40O12. The third-order valence-electron chi connectivity index (χ3n) is 5.91. The highest BCUT2D eigenvalue weighted by atomic mass is 16.6. The Morgan fingerprint density at radius 2 is 0.925 bits per heavy atom. The molecule has 0 aromatic carbocycles. The van der Waals surface area contributed by atoms with Crippen molar-refractivity contribution >= 4 is 35.8 Å². The molecule has 0 spiro atoms. The van der Waals surface area contributed by atoms with Crippen LogP contribution in [0.2, 0.25) is 0 Å². The van der Waals surface area contributed by atoms with Crippen molar-refractivity contribution < 1.29 is 57.2 Å². The van der Waals surface area contributed by atoms with Crippen LogP contribution in [0.15, 0.2) is 25.3 Å². The summed E-state index contributed by atoms with van der Waals surface area (Å²) < 4.78 is 30.3. The summed E-state index contributed by atoms with van der Waals surface area (Å²) in [5.41, 5.74) is 0. The lowest BCUT2D eigenvalue weighted by Crippen LogP contribution is -2.25. The average molecular weight is 569 g/mol. The second-order valence-corrected chi connectivity index (χ2v) is 9.52. The van der Waals surface area contributed by atoms with E-state index >= 15 is 0 Å². The van der Waals surface area contributed by atoms with Gasteiger partial charge in [-0.05, 0) is 51.4 Å². The standard InChI is InChI=1S/C28H40O12/c1-5-23(29)35-15-19(3)39-27(33)13-11-25(31)37-17-21-7-9-22(10-8-21)18-38-26(32)12-14-28(34)40-20(4)16-36-24(30)6-2/h5-6,19-22H,1-2,7-18H2,3-4H3. The van der Waals surface area contributed by atoms with Gasteiger partial charge < -0.3 is 28.4 Å². The van der Waals surface area contributed by atoms with Crippen molar-refractivity contribution in [3.8, 4) is 0 Å². The van der Waals surface area contributed by atoms with E-state index in [0.717, 1.165) is 37.8 Å². The Balaban J connectivity index is 2.13. The maximum Gasteiger partial charge on any atom is 0.330 e. The largest absolute Gasteiger partial charge is 0.465 e. The first-order valence-electron chi connectivity index (χ1n) is 13.3. The van der Waals surface area contributed by atoms with Crippen LogP contribution in [0.25, 0.3) is 0 Å². The van der Waals surface area contributed by atoms with Crippen LogP contribution in [0, 0.1) is 11.8 Å². The molecule has 0 bridgehead atoms. The zero-order chi connectivity index (χ0) is 29.9. The van der Waals surface area contributed by atoms with Crippen molar-refractivity contribution in [1.29, 1.82) is 0 Å². The van der Waals surface area contributed by atoms with E-state index in [4.69, 9.17) is 28.4 Å². The summed E-state index contributed by atoms with van der Waals surface area (Å²) >= 11 is 0. The predicted molar refractivity (Wildman–Crippen MR) is 139 cm³/mol. The van der Waals surface area contributed by atoms with Crippen LogP contribution in [0.5, 0.6) is 0 Å². The number of esters is 6. The summed E-state index contributed by atoms with van der Waals surface area (Å²) in [6.45, 7) is 9.97. The van der Waals surface area contributed by atoms with Gasteiger partial charge in [-0.3, -0.25) is 19.2 Å². The van der Waals surface area contributed by atoms with E-state index in [1.54, 1.807) is 13.8 Å². The minimum absolute atomic E-state index is 0.102. The lowest BCUT2D eigenvalue weighted by Gasteiger charge is -2.27. The highest BCUT2D eigenvalue weighted by molar-refractivity contribution is 5.81. The number of rotatable bonds is 18. The SMILES string of the molecule is C=CC(=O)OCC(C)OC(=O)CCC(=O)OCC1CCC(COC(=O)CCC(=O)OC(C)COC(=O)C=C)CC1. The zero-order valence-corrected chi connectivity index (χ0v) is 23.3. The highest BCUT2D eigenvalue weighted by Crippen LogP contribution is 2.29. The molecule has 0 N–H and O–H groups in total. The fourth-order valence-corrected chi connectivity index (χ4v) is 3.69. The summed E-state index contributed by atoms with van der Waals surface area (Å²) in [6, 6.07) is 0. The van der Waals surface area contributed by atoms with Gasteiger partial charge in [0.1, 0.15) is 25.4 Å². The Bertz CT molecular complexity index is 816. The van der Waals surface area contributed by atoms with Crippen LogP contribution in [-0.2, 0) is 57.2 Å². The summed E-state index contributed by atoms with van der Waals surface area (Å²) in [7, 11) is 0. The lowest BCUT2D eigenvalue weighted by atomic mass is 9.83. The van der Waals surface area contributed by atoms with Crippen molar-refractivity contribution in [3.05, 3.63) is 25.3 Å². The lowest BCUT2D eigenvalue weighted by molar-refractivity contribution is -0.158. The van der Waals surface area contributed by atoms with Crippen LogP contribution < -0.4 is 0 Å². The number of hydrogen-bond acceptors (Lipinski definition) is 12. The molecule has 0 amide bonds. The molecule has 0 saturated heterocycles. The second-order valence-electron chi connectivity index (χ2n) is 9.52. The molecule has 0 aromatic rings. The fraction of sp³-hybridized carbons (Fsp3) is 0.643. The molecule has 1 fully saturated rings. The van der Waals surface area contributed by atoms with Crippen molar-refractivity contribution in [1.82, 2.24) is 0 Å². The summed E-state index contributed by atoms with van der Waals surface area (Å²) in [4.78, 5) is 69.7. The van der Waals surface area contributed by atoms with Crippen molar-refractivity contribution in [2.24, 2.45) is 11.8 Å². The Morgan fingerprint density at radius 3 is 1.25 bits per heavy atom. The van der Waals surface area contributed by atoms with Crippen LogP contribution >= 0.6 is 0 Å². The Labute approximate surface area is 234 Å². The van der Waals surface area contributed by atoms with Crippen molar-refractivity contribution in [2.45, 2.75) is 77.4 Å². The molecule has 1 rings (SSSR count). The molecule has 1 saturated carbocycles. The summed E-state index contributed by atoms with van der Waals surface area (Å²) in [5, 5.41) is 0. The monoisotopic (exact) mass is 568 g/mol. The van der Waals surface area contributed by atoms with Gasteiger partial charge in [-0.2, -0.15) is 0 Å². The van der Waals surface area contributed by atoms with Gasteiger partial charge in [0.2, 0.25) is 0 Å². The van der Waals surface area contributed by atoms with Crippen LogP contribution in [0.1, 0.15) is 65.2 Å². The van der Waals surface area contributed by atoms with Gasteiger partial charge in [0, 0.05) is 12.2 Å². The van der Waals surface area contributed by atoms with Gasteiger partial charge in [-0.1, -0.05) is 13.2 Å². The second kappa shape index (κ2) is 19.4. The summed E-state index contributed by atoms with van der Waals surface area (Å²) in [5.74, 6) is -3.03. The predicted octanol–water partition coefficient (Wildman–Crippen LogP) is 2.76. The van der Waals surface area contributed by atoms with Crippen LogP contribution in [-0.4, -0.2) is 74.5 Å². The van der Waals surface area contributed by atoms with E-state index in [1.165, 1.54) is 0 Å². The van der Waals surface area contributed by atoms with Gasteiger partial charge in [-0.25, -0.2) is 9.59 Å². The fourth-order valence-electron chi connectivity index (χ4n) is 3.69. The minimum atomic E-state index is -0.644. The van der Waals surface area contributed by atoms with E-state index in [1.807, 2.05) is 0 Å². The molecule has 224 valence electrons. The molecular weight excluding hydrogens is 528 g/mol. The first-order chi connectivity index (χ1) is 19.0. The Kier molecular flexibility index (Phi) is 16.6. The third kappa shape index (κ3) is 16.3. The average Bonchev–Trinajstić information content (AvgIpc) is 2.94. The minimum Gasteiger partial charge on any atom is -0.465 e. The number of ether oxygens (including phenoxy) is 6. The van der Waals surface area contributed by atoms with Crippen LogP contribution in [0.3, 0.4) is 0 Å². The number of hydrogen-bond donors (Lipinski definition) is 0. The molecule has 1 aliphatic rings. The molecule has 12 heteroatoms. The molecule has 12 nitrogen and oxygen atoms in total. The highest BCUT2D eigenvalue weighted by Gasteiger charge is 2.24. The van der Waals surface area contributed by atoms with Crippen LogP contribution in [0.4, 0.5) is 0 Å². The number of carbonyl (C=O) groups is 6. The quantitative estimate of drug-likeness (QED) is 0.135. The van der Waals surface area contributed by atoms with E-state index in [2.05, 4.69) is 13.2 Å². The Hall–Kier alpha value is -3.70. The normalized spacial score (nSPS) is 17.8. The molecule has 1 aliphatic carbocycles. The molecule has 0 heterocycles. The Morgan fingerprint density at radius 1 is 0.600 bits per heavy atom.